The molecular weight excluding hydrogens is 222 g/mol. The molecule has 0 aromatic carbocycles. The largest absolute Gasteiger partial charge is 0.329 e. The van der Waals surface area contributed by atoms with Gasteiger partial charge >= 0.3 is 0 Å². The molecule has 1 heterocycles. The molecule has 0 aromatic heterocycles. The first-order valence-corrected chi connectivity index (χ1v) is 7.82. The summed E-state index contributed by atoms with van der Waals surface area (Å²) in [5, 5.41) is 0. The topological polar surface area (TPSA) is 32.5 Å². The number of hydrogen-bond acceptors (Lipinski definition) is 3. The number of nitrogens with two attached hydrogens (primary N) is 1. The molecule has 0 aliphatic carbocycles. The quantitative estimate of drug-likeness (QED) is 0.757. The van der Waals surface area contributed by atoms with Crippen LogP contribution in [0.4, 0.5) is 0 Å². The Morgan fingerprint density at radius 1 is 1.17 bits per heavy atom. The van der Waals surface area contributed by atoms with Gasteiger partial charge in [0.2, 0.25) is 0 Å². The summed E-state index contributed by atoms with van der Waals surface area (Å²) in [6, 6.07) is 1.31. The van der Waals surface area contributed by atoms with Crippen LogP contribution in [-0.4, -0.2) is 55.1 Å². The van der Waals surface area contributed by atoms with Crippen LogP contribution in [0, 0.1) is 5.92 Å². The lowest BCUT2D eigenvalue weighted by Crippen LogP contribution is -2.51. The maximum atomic E-state index is 6.03. The Morgan fingerprint density at radius 3 is 2.11 bits per heavy atom. The van der Waals surface area contributed by atoms with Crippen molar-refractivity contribution in [2.75, 3.05) is 33.2 Å². The molecule has 0 saturated carbocycles. The van der Waals surface area contributed by atoms with Gasteiger partial charge in [0, 0.05) is 18.6 Å². The van der Waals surface area contributed by atoms with Gasteiger partial charge in [-0.05, 0) is 45.4 Å². The van der Waals surface area contributed by atoms with E-state index < -0.39 is 0 Å². The standard InChI is InChI=1S/C15H33N3/c1-5-13(6-2)15(12-16)17(4)14-8-10-18(7-3)11-9-14/h13-15H,5-12,16H2,1-4H3. The maximum absolute atomic E-state index is 6.03. The Kier molecular flexibility index (Phi) is 7.20. The van der Waals surface area contributed by atoms with Crippen LogP contribution in [-0.2, 0) is 0 Å². The lowest BCUT2D eigenvalue weighted by atomic mass is 9.90. The van der Waals surface area contributed by atoms with E-state index in [1.165, 1.54) is 45.3 Å². The van der Waals surface area contributed by atoms with Crippen LogP contribution in [0.3, 0.4) is 0 Å². The van der Waals surface area contributed by atoms with Crippen molar-refractivity contribution in [1.29, 1.82) is 0 Å². The fourth-order valence-electron chi connectivity index (χ4n) is 3.44. The second-order valence-electron chi connectivity index (χ2n) is 5.71. The second-order valence-corrected chi connectivity index (χ2v) is 5.71. The van der Waals surface area contributed by atoms with Gasteiger partial charge in [0.25, 0.3) is 0 Å². The molecule has 1 atom stereocenters. The first-order chi connectivity index (χ1) is 8.67. The van der Waals surface area contributed by atoms with Crippen molar-refractivity contribution in [3.63, 3.8) is 0 Å². The summed E-state index contributed by atoms with van der Waals surface area (Å²) >= 11 is 0. The summed E-state index contributed by atoms with van der Waals surface area (Å²) in [5.74, 6) is 0.754. The third kappa shape index (κ3) is 3.94. The molecule has 1 fully saturated rings. The lowest BCUT2D eigenvalue weighted by molar-refractivity contribution is 0.0733. The first kappa shape index (κ1) is 15.9. The number of hydrogen-bond donors (Lipinski definition) is 1. The summed E-state index contributed by atoms with van der Waals surface area (Å²) in [6.45, 7) is 11.4. The normalized spacial score (nSPS) is 20.8. The molecule has 3 nitrogen and oxygen atoms in total. The van der Waals surface area contributed by atoms with E-state index in [4.69, 9.17) is 5.73 Å². The predicted octanol–water partition coefficient (Wildman–Crippen LogP) is 2.17. The molecule has 1 saturated heterocycles. The van der Waals surface area contributed by atoms with Crippen LogP contribution < -0.4 is 5.73 Å². The maximum Gasteiger partial charge on any atom is 0.0246 e. The summed E-state index contributed by atoms with van der Waals surface area (Å²) in [6.07, 6.45) is 5.11. The van der Waals surface area contributed by atoms with Crippen molar-refractivity contribution in [3.05, 3.63) is 0 Å². The molecule has 18 heavy (non-hydrogen) atoms. The van der Waals surface area contributed by atoms with E-state index in [2.05, 4.69) is 37.6 Å². The Labute approximate surface area is 114 Å². The highest BCUT2D eigenvalue weighted by Crippen LogP contribution is 2.23. The molecule has 1 aliphatic rings. The Morgan fingerprint density at radius 2 is 1.72 bits per heavy atom. The fourth-order valence-corrected chi connectivity index (χ4v) is 3.44. The van der Waals surface area contributed by atoms with Crippen LogP contribution in [0.1, 0.15) is 46.5 Å². The summed E-state index contributed by atoms with van der Waals surface area (Å²) < 4.78 is 0. The highest BCUT2D eigenvalue weighted by Gasteiger charge is 2.29. The van der Waals surface area contributed by atoms with Gasteiger partial charge in [-0.15, -0.1) is 0 Å². The minimum atomic E-state index is 0.568. The average molecular weight is 255 g/mol. The number of nitrogens with zero attached hydrogens (tertiary/aromatic N) is 2. The highest BCUT2D eigenvalue weighted by molar-refractivity contribution is 4.85. The van der Waals surface area contributed by atoms with Gasteiger partial charge in [-0.1, -0.05) is 33.6 Å². The first-order valence-electron chi connectivity index (χ1n) is 7.82. The zero-order valence-corrected chi connectivity index (χ0v) is 12.9. The van der Waals surface area contributed by atoms with E-state index in [0.29, 0.717) is 6.04 Å². The SMILES string of the molecule is CCC(CC)C(CN)N(C)C1CCN(CC)CC1. The number of likely N-dealkylation sites (tertiary alicyclic amines) is 1. The van der Waals surface area contributed by atoms with Crippen molar-refractivity contribution in [3.8, 4) is 0 Å². The van der Waals surface area contributed by atoms with Gasteiger partial charge in [0.05, 0.1) is 0 Å². The number of rotatable bonds is 7. The molecule has 1 aliphatic heterocycles. The lowest BCUT2D eigenvalue weighted by Gasteiger charge is -2.42. The Bertz CT molecular complexity index is 208. The number of piperidine rings is 1. The van der Waals surface area contributed by atoms with E-state index in [0.717, 1.165) is 18.5 Å². The summed E-state index contributed by atoms with van der Waals surface area (Å²) in [5.41, 5.74) is 6.03. The van der Waals surface area contributed by atoms with Gasteiger partial charge in [-0.25, -0.2) is 0 Å². The van der Waals surface area contributed by atoms with Crippen molar-refractivity contribution in [2.24, 2.45) is 11.7 Å². The molecule has 3 heteroatoms. The molecule has 108 valence electrons. The van der Waals surface area contributed by atoms with Crippen molar-refractivity contribution in [2.45, 2.75) is 58.5 Å². The van der Waals surface area contributed by atoms with E-state index in [-0.39, 0.29) is 0 Å². The van der Waals surface area contributed by atoms with E-state index >= 15 is 0 Å². The summed E-state index contributed by atoms with van der Waals surface area (Å²) in [7, 11) is 2.29. The van der Waals surface area contributed by atoms with E-state index in [9.17, 15) is 0 Å². The molecule has 0 spiro atoms. The number of likely N-dealkylation sites (N-methyl/N-ethyl adjacent to an activating group) is 1. The zero-order chi connectivity index (χ0) is 13.5. The molecule has 0 aromatic rings. The van der Waals surface area contributed by atoms with Crippen LogP contribution in [0.25, 0.3) is 0 Å². The Hall–Kier alpha value is -0.120. The van der Waals surface area contributed by atoms with E-state index in [1.807, 2.05) is 0 Å². The van der Waals surface area contributed by atoms with Crippen LogP contribution in [0.2, 0.25) is 0 Å². The Balaban J connectivity index is 2.53. The smallest absolute Gasteiger partial charge is 0.0246 e. The van der Waals surface area contributed by atoms with Crippen molar-refractivity contribution >= 4 is 0 Å². The van der Waals surface area contributed by atoms with Gasteiger partial charge in [0.1, 0.15) is 0 Å². The molecule has 1 rings (SSSR count). The van der Waals surface area contributed by atoms with Crippen molar-refractivity contribution < 1.29 is 0 Å². The molecule has 0 radical (unpaired) electrons. The molecule has 0 bridgehead atoms. The minimum absolute atomic E-state index is 0.568. The predicted molar refractivity (Wildman–Crippen MR) is 79.8 cm³/mol. The molecule has 0 amide bonds. The van der Waals surface area contributed by atoms with Gasteiger partial charge < -0.3 is 10.6 Å². The highest BCUT2D eigenvalue weighted by atomic mass is 15.2. The van der Waals surface area contributed by atoms with Crippen LogP contribution >= 0.6 is 0 Å². The average Bonchev–Trinajstić information content (AvgIpc) is 2.44. The fraction of sp³-hybridized carbons (Fsp3) is 1.00. The second kappa shape index (κ2) is 8.13. The third-order valence-electron chi connectivity index (χ3n) is 4.94. The molecule has 1 unspecified atom stereocenters. The van der Waals surface area contributed by atoms with Crippen LogP contribution in [0.5, 0.6) is 0 Å². The van der Waals surface area contributed by atoms with Crippen LogP contribution in [0.15, 0.2) is 0 Å². The monoisotopic (exact) mass is 255 g/mol. The molecular formula is C15H33N3. The van der Waals surface area contributed by atoms with Gasteiger partial charge in [0.15, 0.2) is 0 Å². The zero-order valence-electron chi connectivity index (χ0n) is 12.9. The van der Waals surface area contributed by atoms with Gasteiger partial charge in [-0.2, -0.15) is 0 Å². The van der Waals surface area contributed by atoms with Crippen molar-refractivity contribution in [1.82, 2.24) is 9.80 Å². The van der Waals surface area contributed by atoms with Gasteiger partial charge in [-0.3, -0.25) is 4.90 Å². The summed E-state index contributed by atoms with van der Waals surface area (Å²) in [4.78, 5) is 5.14. The third-order valence-corrected chi connectivity index (χ3v) is 4.94. The minimum Gasteiger partial charge on any atom is -0.329 e. The van der Waals surface area contributed by atoms with E-state index in [1.54, 1.807) is 0 Å². The molecule has 2 N–H and O–H groups in total.